The molecule has 5 N–H and O–H groups in total. The topological polar surface area (TPSA) is 101 Å². The Morgan fingerprint density at radius 3 is 2.50 bits per heavy atom. The van der Waals surface area contributed by atoms with Crippen LogP contribution in [0.15, 0.2) is 0 Å². The van der Waals surface area contributed by atoms with Gasteiger partial charge in [-0.1, -0.05) is 0 Å². The van der Waals surface area contributed by atoms with Crippen LogP contribution in [0, 0.1) is 0 Å². The fourth-order valence-corrected chi connectivity index (χ4v) is 0.625. The Labute approximate surface area is 70.8 Å². The minimum atomic E-state index is -0.421. The first-order valence-electron chi connectivity index (χ1n) is 3.53. The van der Waals surface area contributed by atoms with E-state index < -0.39 is 5.91 Å². The zero-order valence-corrected chi connectivity index (χ0v) is 7.04. The molecule has 0 saturated heterocycles. The molecule has 0 aliphatic rings. The second-order valence-electron chi connectivity index (χ2n) is 2.41. The summed E-state index contributed by atoms with van der Waals surface area (Å²) in [5, 5.41) is 0. The lowest BCUT2D eigenvalue weighted by Gasteiger charge is -2.15. The van der Waals surface area contributed by atoms with Gasteiger partial charge in [-0.2, -0.15) is 0 Å². The molecule has 0 aliphatic heterocycles. The first-order valence-corrected chi connectivity index (χ1v) is 3.53. The molecular formula is C6H14N4O2. The monoisotopic (exact) mass is 174 g/mol. The molecule has 0 unspecified atom stereocenters. The Balaban J connectivity index is 3.63. The molecule has 0 aromatic rings. The number of primary amides is 1. The summed E-state index contributed by atoms with van der Waals surface area (Å²) in [5.74, 6) is 4.35. The van der Waals surface area contributed by atoms with Crippen LogP contribution < -0.4 is 17.0 Å². The summed E-state index contributed by atoms with van der Waals surface area (Å²) in [6.45, 7) is 0.394. The standard InChI is InChI=1S/C6H14N4O2/c1-10(3-2-5(7)11)6(12)4-9-8/h9H,2-4,8H2,1H3,(H2,7,11). The molecule has 0 rings (SSSR count). The van der Waals surface area contributed by atoms with Gasteiger partial charge in [-0.05, 0) is 0 Å². The van der Waals surface area contributed by atoms with Gasteiger partial charge in [-0.3, -0.25) is 20.9 Å². The predicted octanol–water partition coefficient (Wildman–Crippen LogP) is -2.22. The number of hydrogen-bond acceptors (Lipinski definition) is 4. The third-order valence-corrected chi connectivity index (χ3v) is 1.37. The third kappa shape index (κ3) is 4.64. The second-order valence-corrected chi connectivity index (χ2v) is 2.41. The van der Waals surface area contributed by atoms with Crippen molar-refractivity contribution in [2.75, 3.05) is 20.1 Å². The van der Waals surface area contributed by atoms with Gasteiger partial charge in [0.05, 0.1) is 6.54 Å². The average Bonchev–Trinajstić information content (AvgIpc) is 2.00. The minimum absolute atomic E-state index is 0.0647. The van der Waals surface area contributed by atoms with Gasteiger partial charge in [0.15, 0.2) is 0 Å². The SMILES string of the molecule is CN(CCC(N)=O)C(=O)CNN. The number of nitrogens with zero attached hydrogens (tertiary/aromatic N) is 1. The van der Waals surface area contributed by atoms with Crippen LogP contribution in [0.5, 0.6) is 0 Å². The highest BCUT2D eigenvalue weighted by Gasteiger charge is 2.07. The number of hydrazine groups is 1. The largest absolute Gasteiger partial charge is 0.370 e. The molecule has 0 radical (unpaired) electrons. The normalized spacial score (nSPS) is 9.50. The van der Waals surface area contributed by atoms with E-state index in [1.54, 1.807) is 7.05 Å². The Bertz CT molecular complexity index is 171. The lowest BCUT2D eigenvalue weighted by atomic mass is 10.4. The number of nitrogens with two attached hydrogens (primary N) is 2. The van der Waals surface area contributed by atoms with E-state index in [2.05, 4.69) is 5.43 Å². The molecule has 6 heteroatoms. The van der Waals surface area contributed by atoms with Crippen LogP contribution in [-0.2, 0) is 9.59 Å². The maximum Gasteiger partial charge on any atom is 0.237 e. The molecule has 0 heterocycles. The van der Waals surface area contributed by atoms with Gasteiger partial charge in [0.25, 0.3) is 0 Å². The number of nitrogens with one attached hydrogen (secondary N) is 1. The lowest BCUT2D eigenvalue weighted by molar-refractivity contribution is -0.129. The van der Waals surface area contributed by atoms with Crippen molar-refractivity contribution in [3.05, 3.63) is 0 Å². The summed E-state index contributed by atoms with van der Waals surface area (Å²) in [4.78, 5) is 22.7. The van der Waals surface area contributed by atoms with Gasteiger partial charge in [-0.25, -0.2) is 0 Å². The number of carbonyl (C=O) groups excluding carboxylic acids is 2. The van der Waals surface area contributed by atoms with Crippen LogP contribution in [0.25, 0.3) is 0 Å². The predicted molar refractivity (Wildman–Crippen MR) is 43.6 cm³/mol. The number of carbonyl (C=O) groups is 2. The lowest BCUT2D eigenvalue weighted by Crippen LogP contribution is -2.39. The van der Waals surface area contributed by atoms with Crippen molar-refractivity contribution < 1.29 is 9.59 Å². The van der Waals surface area contributed by atoms with E-state index in [0.29, 0.717) is 6.54 Å². The maximum absolute atomic E-state index is 11.0. The number of hydrogen-bond donors (Lipinski definition) is 3. The molecular weight excluding hydrogens is 160 g/mol. The fraction of sp³-hybridized carbons (Fsp3) is 0.667. The minimum Gasteiger partial charge on any atom is -0.370 e. The van der Waals surface area contributed by atoms with Crippen LogP contribution >= 0.6 is 0 Å². The Morgan fingerprint density at radius 1 is 1.50 bits per heavy atom. The van der Waals surface area contributed by atoms with Crippen molar-refractivity contribution in [2.45, 2.75) is 6.42 Å². The molecule has 0 atom stereocenters. The molecule has 0 spiro atoms. The Morgan fingerprint density at radius 2 is 2.08 bits per heavy atom. The first-order chi connectivity index (χ1) is 5.57. The summed E-state index contributed by atoms with van der Waals surface area (Å²) in [5.41, 5.74) is 7.13. The molecule has 70 valence electrons. The van der Waals surface area contributed by atoms with Gasteiger partial charge in [0, 0.05) is 20.0 Å². The number of likely N-dealkylation sites (N-methyl/N-ethyl adjacent to an activating group) is 1. The van der Waals surface area contributed by atoms with E-state index in [1.807, 2.05) is 0 Å². The quantitative estimate of drug-likeness (QED) is 0.324. The van der Waals surface area contributed by atoms with E-state index in [9.17, 15) is 9.59 Å². The molecule has 0 saturated carbocycles. The summed E-state index contributed by atoms with van der Waals surface area (Å²) in [6, 6.07) is 0. The van der Waals surface area contributed by atoms with Crippen molar-refractivity contribution in [3.8, 4) is 0 Å². The van der Waals surface area contributed by atoms with E-state index in [-0.39, 0.29) is 18.9 Å². The molecule has 0 fully saturated rings. The van der Waals surface area contributed by atoms with E-state index in [1.165, 1.54) is 4.90 Å². The number of amides is 2. The summed E-state index contributed by atoms with van der Waals surface area (Å²) in [7, 11) is 1.59. The van der Waals surface area contributed by atoms with E-state index >= 15 is 0 Å². The molecule has 12 heavy (non-hydrogen) atoms. The van der Waals surface area contributed by atoms with Gasteiger partial charge < -0.3 is 10.6 Å². The molecule has 0 aromatic carbocycles. The molecule has 0 aromatic heterocycles. The van der Waals surface area contributed by atoms with Gasteiger partial charge in [0.1, 0.15) is 0 Å². The summed E-state index contributed by atoms with van der Waals surface area (Å²) >= 11 is 0. The average molecular weight is 174 g/mol. The molecule has 2 amide bonds. The van der Waals surface area contributed by atoms with Crippen molar-refractivity contribution in [1.82, 2.24) is 10.3 Å². The van der Waals surface area contributed by atoms with Crippen LogP contribution in [0.3, 0.4) is 0 Å². The smallest absolute Gasteiger partial charge is 0.237 e. The Hall–Kier alpha value is -1.14. The highest BCUT2D eigenvalue weighted by atomic mass is 16.2. The van der Waals surface area contributed by atoms with Crippen molar-refractivity contribution in [2.24, 2.45) is 11.6 Å². The van der Waals surface area contributed by atoms with E-state index in [4.69, 9.17) is 11.6 Å². The van der Waals surface area contributed by atoms with Gasteiger partial charge in [-0.15, -0.1) is 0 Å². The van der Waals surface area contributed by atoms with Gasteiger partial charge in [0.2, 0.25) is 11.8 Å². The van der Waals surface area contributed by atoms with Crippen LogP contribution in [0.2, 0.25) is 0 Å². The second kappa shape index (κ2) is 5.50. The first kappa shape index (κ1) is 10.9. The molecule has 0 aliphatic carbocycles. The number of rotatable bonds is 5. The van der Waals surface area contributed by atoms with Crippen LogP contribution in [0.4, 0.5) is 0 Å². The molecule has 0 bridgehead atoms. The fourth-order valence-electron chi connectivity index (χ4n) is 0.625. The van der Waals surface area contributed by atoms with Gasteiger partial charge >= 0.3 is 0 Å². The van der Waals surface area contributed by atoms with Crippen LogP contribution in [-0.4, -0.2) is 36.9 Å². The zero-order chi connectivity index (χ0) is 9.56. The molecule has 6 nitrogen and oxygen atoms in total. The third-order valence-electron chi connectivity index (χ3n) is 1.37. The van der Waals surface area contributed by atoms with Crippen molar-refractivity contribution >= 4 is 11.8 Å². The highest BCUT2D eigenvalue weighted by Crippen LogP contribution is 1.86. The summed E-state index contributed by atoms with van der Waals surface area (Å²) < 4.78 is 0. The van der Waals surface area contributed by atoms with Crippen molar-refractivity contribution in [1.29, 1.82) is 0 Å². The van der Waals surface area contributed by atoms with Crippen LogP contribution in [0.1, 0.15) is 6.42 Å². The van der Waals surface area contributed by atoms with Crippen molar-refractivity contribution in [3.63, 3.8) is 0 Å². The highest BCUT2D eigenvalue weighted by molar-refractivity contribution is 5.79. The van der Waals surface area contributed by atoms with E-state index in [0.717, 1.165) is 0 Å². The zero-order valence-electron chi connectivity index (χ0n) is 7.04. The maximum atomic E-state index is 11.0. The Kier molecular flexibility index (Phi) is 4.98. The summed E-state index contributed by atoms with van der Waals surface area (Å²) in [6.07, 6.45) is 0.173.